The van der Waals surface area contributed by atoms with E-state index < -0.39 is 0 Å². The topological polar surface area (TPSA) is 24.4 Å². The predicted molar refractivity (Wildman–Crippen MR) is 75.0 cm³/mol. The molecule has 0 aromatic heterocycles. The summed E-state index contributed by atoms with van der Waals surface area (Å²) in [6.45, 7) is 0.889. The highest BCUT2D eigenvalue weighted by Gasteiger charge is 2.07. The van der Waals surface area contributed by atoms with Crippen molar-refractivity contribution in [1.29, 1.82) is 0 Å². The Hall–Kier alpha value is -0.230. The molecule has 0 saturated carbocycles. The minimum Gasteiger partial charge on any atom is -0.335 e. The van der Waals surface area contributed by atoms with Crippen LogP contribution in [0.25, 0.3) is 0 Å². The Morgan fingerprint density at radius 3 is 2.93 bits per heavy atom. The molecule has 2 rings (SSSR count). The fourth-order valence-corrected chi connectivity index (χ4v) is 1.84. The molecule has 1 aliphatic heterocycles. The van der Waals surface area contributed by atoms with E-state index in [9.17, 15) is 0 Å². The van der Waals surface area contributed by atoms with E-state index >= 15 is 0 Å². The Labute approximate surface area is 106 Å². The number of hydrogen-bond acceptors (Lipinski definition) is 3. The molecule has 1 heterocycles. The zero-order valence-electron chi connectivity index (χ0n) is 7.99. The molecule has 1 N–H and O–H groups in total. The quantitative estimate of drug-likeness (QED) is 0.743. The highest BCUT2D eigenvalue weighted by Crippen LogP contribution is 2.19. The van der Waals surface area contributed by atoms with Gasteiger partial charge in [-0.15, -0.1) is 24.0 Å². The summed E-state index contributed by atoms with van der Waals surface area (Å²) in [5.74, 6) is 0. The van der Waals surface area contributed by atoms with Crippen LogP contribution in [0.2, 0.25) is 0 Å². The number of amidine groups is 1. The minimum absolute atomic E-state index is 0. The summed E-state index contributed by atoms with van der Waals surface area (Å²) in [4.78, 5) is 4.42. The van der Waals surface area contributed by atoms with Gasteiger partial charge in [0.25, 0.3) is 0 Å². The lowest BCUT2D eigenvalue weighted by Gasteiger charge is -2.07. The predicted octanol–water partition coefficient (Wildman–Crippen LogP) is 2.99. The second-order valence-corrected chi connectivity index (χ2v) is 3.72. The summed E-state index contributed by atoms with van der Waals surface area (Å²) in [5, 5.41) is 4.34. The number of benzene rings is 1. The van der Waals surface area contributed by atoms with E-state index in [1.54, 1.807) is 11.8 Å². The lowest BCUT2D eigenvalue weighted by Crippen LogP contribution is -2.06. The van der Waals surface area contributed by atoms with Gasteiger partial charge in [-0.25, -0.2) is 0 Å². The summed E-state index contributed by atoms with van der Waals surface area (Å²) in [6.07, 6.45) is 3.08. The largest absolute Gasteiger partial charge is 0.335 e. The molecular formula is C10H13IN2S. The summed E-state index contributed by atoms with van der Waals surface area (Å²) in [6, 6.07) is 8.38. The molecule has 1 aliphatic rings. The number of halogens is 1. The highest BCUT2D eigenvalue weighted by molar-refractivity contribution is 14.0. The average Bonchev–Trinajstić information content (AvgIpc) is 2.38. The van der Waals surface area contributed by atoms with Gasteiger partial charge in [0, 0.05) is 12.2 Å². The van der Waals surface area contributed by atoms with Crippen LogP contribution in [-0.2, 0) is 6.42 Å². The molecule has 0 fully saturated rings. The van der Waals surface area contributed by atoms with Crippen molar-refractivity contribution in [2.24, 2.45) is 4.99 Å². The van der Waals surface area contributed by atoms with Crippen LogP contribution in [0.3, 0.4) is 0 Å². The van der Waals surface area contributed by atoms with E-state index in [1.807, 2.05) is 6.26 Å². The molecule has 0 saturated heterocycles. The normalized spacial score (nSPS) is 14.2. The van der Waals surface area contributed by atoms with E-state index in [0.717, 1.165) is 18.1 Å². The fraction of sp³-hybridized carbons (Fsp3) is 0.300. The minimum atomic E-state index is 0. The standard InChI is InChI=1S/C10H12N2S.HI/c1-13-10-11-7-6-8-4-2-3-5-9(8)12-10;/h2-5H,6-7H2,1H3,(H,11,12);1H. The van der Waals surface area contributed by atoms with Crippen LogP contribution >= 0.6 is 35.7 Å². The molecule has 0 bridgehead atoms. The van der Waals surface area contributed by atoms with Crippen molar-refractivity contribution < 1.29 is 0 Å². The molecule has 0 atom stereocenters. The maximum atomic E-state index is 4.42. The van der Waals surface area contributed by atoms with Crippen molar-refractivity contribution in [3.05, 3.63) is 29.8 Å². The SMILES string of the molecule is CSC1=NCCc2ccccc2N1.I. The summed E-state index contributed by atoms with van der Waals surface area (Å²) < 4.78 is 0. The molecule has 0 unspecified atom stereocenters. The number of para-hydroxylation sites is 1. The second kappa shape index (κ2) is 5.60. The molecule has 76 valence electrons. The van der Waals surface area contributed by atoms with Gasteiger partial charge in [0.05, 0.1) is 0 Å². The van der Waals surface area contributed by atoms with E-state index in [4.69, 9.17) is 0 Å². The molecule has 0 spiro atoms. The Kier molecular flexibility index (Phi) is 4.74. The molecule has 4 heteroatoms. The number of aliphatic imine (C=N–C) groups is 1. The van der Waals surface area contributed by atoms with Gasteiger partial charge in [0.1, 0.15) is 0 Å². The maximum absolute atomic E-state index is 4.42. The van der Waals surface area contributed by atoms with Gasteiger partial charge in [0.2, 0.25) is 0 Å². The van der Waals surface area contributed by atoms with Crippen molar-refractivity contribution in [1.82, 2.24) is 0 Å². The van der Waals surface area contributed by atoms with E-state index in [-0.39, 0.29) is 24.0 Å². The van der Waals surface area contributed by atoms with Gasteiger partial charge in [-0.1, -0.05) is 30.0 Å². The van der Waals surface area contributed by atoms with Crippen LogP contribution in [0.15, 0.2) is 29.3 Å². The maximum Gasteiger partial charge on any atom is 0.160 e. The first-order chi connectivity index (χ1) is 6.40. The van der Waals surface area contributed by atoms with Crippen LogP contribution in [0, 0.1) is 0 Å². The molecule has 1 aromatic rings. The van der Waals surface area contributed by atoms with Crippen LogP contribution < -0.4 is 5.32 Å². The van der Waals surface area contributed by atoms with Crippen molar-refractivity contribution >= 4 is 46.6 Å². The molecule has 14 heavy (non-hydrogen) atoms. The van der Waals surface area contributed by atoms with E-state index in [0.29, 0.717) is 0 Å². The monoisotopic (exact) mass is 320 g/mol. The van der Waals surface area contributed by atoms with E-state index in [1.165, 1.54) is 11.3 Å². The number of hydrogen-bond donors (Lipinski definition) is 1. The summed E-state index contributed by atoms with van der Waals surface area (Å²) >= 11 is 1.66. The van der Waals surface area contributed by atoms with Crippen molar-refractivity contribution in [3.63, 3.8) is 0 Å². The van der Waals surface area contributed by atoms with Crippen LogP contribution in [0.4, 0.5) is 5.69 Å². The Morgan fingerprint density at radius 1 is 1.36 bits per heavy atom. The number of thioether (sulfide) groups is 1. The van der Waals surface area contributed by atoms with Gasteiger partial charge < -0.3 is 5.32 Å². The Balaban J connectivity index is 0.000000980. The number of rotatable bonds is 0. The Morgan fingerprint density at radius 2 is 2.14 bits per heavy atom. The molecule has 2 nitrogen and oxygen atoms in total. The molecule has 1 aromatic carbocycles. The van der Waals surface area contributed by atoms with Crippen LogP contribution in [0.1, 0.15) is 5.56 Å². The van der Waals surface area contributed by atoms with Crippen LogP contribution in [-0.4, -0.2) is 18.0 Å². The lowest BCUT2D eigenvalue weighted by atomic mass is 10.1. The average molecular weight is 320 g/mol. The first-order valence-electron chi connectivity index (χ1n) is 4.33. The highest BCUT2D eigenvalue weighted by atomic mass is 127. The number of nitrogens with one attached hydrogen (secondary N) is 1. The third-order valence-corrected chi connectivity index (χ3v) is 2.71. The molecule has 0 radical (unpaired) electrons. The first kappa shape index (κ1) is 11.8. The molecular weight excluding hydrogens is 307 g/mol. The molecule has 0 aliphatic carbocycles. The summed E-state index contributed by atoms with van der Waals surface area (Å²) in [5.41, 5.74) is 2.56. The third kappa shape index (κ3) is 2.63. The smallest absolute Gasteiger partial charge is 0.160 e. The van der Waals surface area contributed by atoms with Crippen molar-refractivity contribution in [2.75, 3.05) is 18.1 Å². The third-order valence-electron chi connectivity index (χ3n) is 2.09. The second-order valence-electron chi connectivity index (χ2n) is 2.92. The zero-order chi connectivity index (χ0) is 9.10. The number of nitrogens with zero attached hydrogens (tertiary/aromatic N) is 1. The summed E-state index contributed by atoms with van der Waals surface area (Å²) in [7, 11) is 0. The van der Waals surface area contributed by atoms with Gasteiger partial charge in [-0.2, -0.15) is 0 Å². The van der Waals surface area contributed by atoms with Gasteiger partial charge in [0.15, 0.2) is 5.17 Å². The van der Waals surface area contributed by atoms with Crippen molar-refractivity contribution in [3.8, 4) is 0 Å². The zero-order valence-corrected chi connectivity index (χ0v) is 11.1. The first-order valence-corrected chi connectivity index (χ1v) is 5.56. The van der Waals surface area contributed by atoms with Gasteiger partial charge >= 0.3 is 0 Å². The van der Waals surface area contributed by atoms with E-state index in [2.05, 4.69) is 34.6 Å². The van der Waals surface area contributed by atoms with Crippen LogP contribution in [0.5, 0.6) is 0 Å². The molecule has 0 amide bonds. The fourth-order valence-electron chi connectivity index (χ4n) is 1.41. The Bertz CT molecular complexity index is 339. The van der Waals surface area contributed by atoms with Crippen molar-refractivity contribution in [2.45, 2.75) is 6.42 Å². The van der Waals surface area contributed by atoms with Gasteiger partial charge in [-0.3, -0.25) is 4.99 Å². The van der Waals surface area contributed by atoms with Gasteiger partial charge in [-0.05, 0) is 24.3 Å². The number of anilines is 1. The number of fused-ring (bicyclic) bond motifs is 1. The lowest BCUT2D eigenvalue weighted by molar-refractivity contribution is 0.984.